The number of nitrogen functional groups attached to an aromatic ring is 1. The van der Waals surface area contributed by atoms with Crippen LogP contribution in [-0.4, -0.2) is 50.0 Å². The number of nitrogens with two attached hydrogens (primary N) is 1. The summed E-state index contributed by atoms with van der Waals surface area (Å²) in [5, 5.41) is 20.1. The molecule has 5 N–H and O–H groups in total. The van der Waals surface area contributed by atoms with Gasteiger partial charge in [-0.3, -0.25) is 4.79 Å². The van der Waals surface area contributed by atoms with Gasteiger partial charge in [0.15, 0.2) is 9.84 Å². The number of anilines is 1. The predicted molar refractivity (Wildman–Crippen MR) is 69.4 cm³/mol. The van der Waals surface area contributed by atoms with Gasteiger partial charge in [0.1, 0.15) is 0 Å². The molecule has 1 aromatic rings. The Balaban J connectivity index is 2.95. The van der Waals surface area contributed by atoms with Gasteiger partial charge < -0.3 is 21.3 Å². The summed E-state index contributed by atoms with van der Waals surface area (Å²) in [6.07, 6.45) is -0.0571. The van der Waals surface area contributed by atoms with Crippen molar-refractivity contribution in [3.05, 3.63) is 23.8 Å². The number of hydrogen-bond acceptors (Lipinski definition) is 6. The molecule has 0 aromatic heterocycles. The highest BCUT2D eigenvalue weighted by Gasteiger charge is 2.14. The van der Waals surface area contributed by atoms with Crippen molar-refractivity contribution in [3.63, 3.8) is 0 Å². The van der Waals surface area contributed by atoms with E-state index in [0.717, 1.165) is 6.26 Å². The second-order valence-corrected chi connectivity index (χ2v) is 6.13. The van der Waals surface area contributed by atoms with Crippen LogP contribution in [0.1, 0.15) is 10.4 Å². The molecule has 0 spiro atoms. The van der Waals surface area contributed by atoms with Crippen LogP contribution in [-0.2, 0) is 9.84 Å². The van der Waals surface area contributed by atoms with E-state index in [1.807, 2.05) is 0 Å². The van der Waals surface area contributed by atoms with Crippen molar-refractivity contribution in [1.29, 1.82) is 0 Å². The second kappa shape index (κ2) is 6.00. The summed E-state index contributed by atoms with van der Waals surface area (Å²) in [7, 11) is -3.47. The molecule has 1 aromatic carbocycles. The summed E-state index contributed by atoms with van der Waals surface area (Å²) < 4.78 is 22.8. The number of aliphatic hydroxyl groups is 2. The van der Waals surface area contributed by atoms with Gasteiger partial charge in [-0.15, -0.1) is 0 Å². The molecular weight excluding hydrogens is 272 g/mol. The molecule has 1 amide bonds. The molecule has 0 bridgehead atoms. The molecule has 7 nitrogen and oxygen atoms in total. The second-order valence-electron chi connectivity index (χ2n) is 4.11. The first-order valence-electron chi connectivity index (χ1n) is 5.42. The maximum atomic E-state index is 11.7. The van der Waals surface area contributed by atoms with Crippen molar-refractivity contribution in [2.45, 2.75) is 11.0 Å². The molecule has 0 heterocycles. The summed E-state index contributed by atoms with van der Waals surface area (Å²) in [5.74, 6) is -0.579. The molecule has 0 aliphatic carbocycles. The van der Waals surface area contributed by atoms with Crippen LogP contribution in [0.25, 0.3) is 0 Å². The van der Waals surface area contributed by atoms with E-state index in [4.69, 9.17) is 15.9 Å². The Kier molecular flexibility index (Phi) is 4.87. The van der Waals surface area contributed by atoms with Crippen LogP contribution in [0.15, 0.2) is 23.1 Å². The average molecular weight is 288 g/mol. The molecule has 0 saturated carbocycles. The molecule has 0 fully saturated rings. The lowest BCUT2D eigenvalue weighted by molar-refractivity contribution is 0.0802. The number of rotatable bonds is 5. The Hall–Kier alpha value is -1.64. The van der Waals surface area contributed by atoms with Gasteiger partial charge in [-0.05, 0) is 18.2 Å². The van der Waals surface area contributed by atoms with Crippen LogP contribution >= 0.6 is 0 Å². The number of aliphatic hydroxyl groups excluding tert-OH is 2. The minimum absolute atomic E-state index is 0.0552. The van der Waals surface area contributed by atoms with E-state index in [1.54, 1.807) is 0 Å². The third-order valence-electron chi connectivity index (χ3n) is 2.33. The van der Waals surface area contributed by atoms with Crippen LogP contribution in [0.3, 0.4) is 0 Å². The first-order valence-corrected chi connectivity index (χ1v) is 7.31. The molecule has 8 heteroatoms. The van der Waals surface area contributed by atoms with Gasteiger partial charge in [-0.1, -0.05) is 0 Å². The smallest absolute Gasteiger partial charge is 0.251 e. The number of carbonyl (C=O) groups is 1. The fourth-order valence-corrected chi connectivity index (χ4v) is 2.04. The Bertz CT molecular complexity index is 570. The van der Waals surface area contributed by atoms with E-state index >= 15 is 0 Å². The van der Waals surface area contributed by atoms with Crippen LogP contribution in [0.4, 0.5) is 5.69 Å². The standard InChI is InChI=1S/C11H16N2O5S/c1-19(17,18)10-3-7(2-8(12)4-10)11(16)13-5-9(15)6-14/h2-4,9,14-15H,5-6,12H2,1H3,(H,13,16). The van der Waals surface area contributed by atoms with Crippen molar-refractivity contribution in [2.24, 2.45) is 0 Å². The van der Waals surface area contributed by atoms with Crippen molar-refractivity contribution >= 4 is 21.4 Å². The Morgan fingerprint density at radius 1 is 1.42 bits per heavy atom. The maximum Gasteiger partial charge on any atom is 0.251 e. The Labute approximate surface area is 111 Å². The van der Waals surface area contributed by atoms with Crippen molar-refractivity contribution in [2.75, 3.05) is 25.1 Å². The van der Waals surface area contributed by atoms with E-state index in [0.29, 0.717) is 0 Å². The molecule has 106 valence electrons. The molecule has 19 heavy (non-hydrogen) atoms. The summed E-state index contributed by atoms with van der Waals surface area (Å²) >= 11 is 0. The van der Waals surface area contributed by atoms with E-state index in [2.05, 4.69) is 5.32 Å². The molecular formula is C11H16N2O5S. The monoisotopic (exact) mass is 288 g/mol. The molecule has 0 aliphatic heterocycles. The third kappa shape index (κ3) is 4.51. The van der Waals surface area contributed by atoms with Gasteiger partial charge in [-0.25, -0.2) is 8.42 Å². The van der Waals surface area contributed by atoms with Gasteiger partial charge in [0.25, 0.3) is 5.91 Å². The Morgan fingerprint density at radius 3 is 2.58 bits per heavy atom. The fourth-order valence-electron chi connectivity index (χ4n) is 1.34. The summed E-state index contributed by atoms with van der Waals surface area (Å²) in [4.78, 5) is 11.7. The molecule has 0 radical (unpaired) electrons. The van der Waals surface area contributed by atoms with Gasteiger partial charge >= 0.3 is 0 Å². The lowest BCUT2D eigenvalue weighted by atomic mass is 10.2. The average Bonchev–Trinajstić information content (AvgIpc) is 2.33. The zero-order valence-electron chi connectivity index (χ0n) is 10.3. The van der Waals surface area contributed by atoms with Crippen molar-refractivity contribution in [1.82, 2.24) is 5.32 Å². The quantitative estimate of drug-likeness (QED) is 0.501. The lowest BCUT2D eigenvalue weighted by Crippen LogP contribution is -2.34. The Morgan fingerprint density at radius 2 is 2.05 bits per heavy atom. The highest BCUT2D eigenvalue weighted by Crippen LogP contribution is 2.16. The fraction of sp³-hybridized carbons (Fsp3) is 0.364. The van der Waals surface area contributed by atoms with Gasteiger partial charge in [0.05, 0.1) is 17.6 Å². The molecule has 1 rings (SSSR count). The molecule has 0 saturated heterocycles. The molecule has 1 atom stereocenters. The van der Waals surface area contributed by atoms with E-state index in [9.17, 15) is 13.2 Å². The van der Waals surface area contributed by atoms with Crippen LogP contribution < -0.4 is 11.1 Å². The molecule has 0 aliphatic rings. The summed E-state index contributed by atoms with van der Waals surface area (Å²) in [5.41, 5.74) is 5.77. The highest BCUT2D eigenvalue weighted by atomic mass is 32.2. The number of sulfone groups is 1. The predicted octanol–water partition coefficient (Wildman–Crippen LogP) is -1.24. The topological polar surface area (TPSA) is 130 Å². The minimum atomic E-state index is -3.47. The number of hydrogen-bond donors (Lipinski definition) is 4. The minimum Gasteiger partial charge on any atom is -0.399 e. The van der Waals surface area contributed by atoms with E-state index < -0.39 is 28.5 Å². The zero-order valence-corrected chi connectivity index (χ0v) is 11.1. The highest BCUT2D eigenvalue weighted by molar-refractivity contribution is 7.90. The third-order valence-corrected chi connectivity index (χ3v) is 3.42. The van der Waals surface area contributed by atoms with Crippen LogP contribution in [0, 0.1) is 0 Å². The van der Waals surface area contributed by atoms with Gasteiger partial charge in [-0.2, -0.15) is 0 Å². The van der Waals surface area contributed by atoms with Crippen molar-refractivity contribution in [3.8, 4) is 0 Å². The van der Waals surface area contributed by atoms with E-state index in [-0.39, 0.29) is 22.7 Å². The van der Waals surface area contributed by atoms with E-state index in [1.165, 1.54) is 18.2 Å². The normalized spacial score (nSPS) is 13.0. The zero-order chi connectivity index (χ0) is 14.6. The van der Waals surface area contributed by atoms with Gasteiger partial charge in [0, 0.05) is 24.1 Å². The molecule has 1 unspecified atom stereocenters. The first-order chi connectivity index (χ1) is 8.74. The SMILES string of the molecule is CS(=O)(=O)c1cc(N)cc(C(=O)NCC(O)CO)c1. The van der Waals surface area contributed by atoms with Crippen LogP contribution in [0.5, 0.6) is 0 Å². The van der Waals surface area contributed by atoms with Crippen LogP contribution in [0.2, 0.25) is 0 Å². The lowest BCUT2D eigenvalue weighted by Gasteiger charge is -2.10. The largest absolute Gasteiger partial charge is 0.399 e. The van der Waals surface area contributed by atoms with Crippen molar-refractivity contribution < 1.29 is 23.4 Å². The first kappa shape index (κ1) is 15.4. The number of carbonyl (C=O) groups excluding carboxylic acids is 1. The number of benzene rings is 1. The maximum absolute atomic E-state index is 11.7. The summed E-state index contributed by atoms with van der Waals surface area (Å²) in [6.45, 7) is -0.621. The van der Waals surface area contributed by atoms with Gasteiger partial charge in [0.2, 0.25) is 0 Å². The summed E-state index contributed by atoms with van der Waals surface area (Å²) in [6, 6.07) is 3.79. The number of amides is 1. The number of nitrogens with one attached hydrogen (secondary N) is 1.